The first-order chi connectivity index (χ1) is 12.1. The Labute approximate surface area is 148 Å². The van der Waals surface area contributed by atoms with Crippen molar-refractivity contribution in [3.8, 4) is 11.3 Å². The minimum Gasteiger partial charge on any atom is -0.369 e. The van der Waals surface area contributed by atoms with Crippen LogP contribution in [-0.4, -0.2) is 39.2 Å². The summed E-state index contributed by atoms with van der Waals surface area (Å²) in [6.45, 7) is 1.12. The number of rotatable bonds is 3. The monoisotopic (exact) mass is 354 g/mol. The summed E-state index contributed by atoms with van der Waals surface area (Å²) in [6.07, 6.45) is 3.17. The predicted octanol–water partition coefficient (Wildman–Crippen LogP) is 2.40. The summed E-state index contributed by atoms with van der Waals surface area (Å²) in [5.41, 5.74) is 7.86. The van der Waals surface area contributed by atoms with Crippen LogP contribution in [0.5, 0.6) is 0 Å². The summed E-state index contributed by atoms with van der Waals surface area (Å²) in [6, 6.07) is 9.91. The van der Waals surface area contributed by atoms with Crippen molar-refractivity contribution < 1.29 is 9.59 Å². The Balaban J connectivity index is 1.58. The first kappa shape index (κ1) is 15.8. The van der Waals surface area contributed by atoms with Crippen molar-refractivity contribution in [3.05, 3.63) is 47.6 Å². The van der Waals surface area contributed by atoms with E-state index in [1.807, 2.05) is 46.3 Å². The Bertz CT molecular complexity index is 923. The molecule has 0 aliphatic carbocycles. The fourth-order valence-corrected chi connectivity index (χ4v) is 4.06. The predicted molar refractivity (Wildman–Crippen MR) is 96.3 cm³/mol. The number of hydrogen-bond acceptors (Lipinski definition) is 4. The fraction of sp³-hybridized carbons (Fsp3) is 0.278. The van der Waals surface area contributed by atoms with E-state index in [0.717, 1.165) is 16.2 Å². The van der Waals surface area contributed by atoms with Gasteiger partial charge < -0.3 is 10.6 Å². The number of nitrogens with two attached hydrogens (primary N) is 1. The van der Waals surface area contributed by atoms with E-state index in [1.54, 1.807) is 4.90 Å². The number of imidazole rings is 1. The summed E-state index contributed by atoms with van der Waals surface area (Å²) >= 11 is 1.46. The Hall–Kier alpha value is -2.67. The van der Waals surface area contributed by atoms with Gasteiger partial charge in [-0.25, -0.2) is 4.98 Å². The minimum absolute atomic E-state index is 0.0221. The largest absolute Gasteiger partial charge is 0.369 e. The molecule has 2 amide bonds. The molecule has 0 atom stereocenters. The highest BCUT2D eigenvalue weighted by Gasteiger charge is 2.28. The van der Waals surface area contributed by atoms with Crippen molar-refractivity contribution >= 4 is 28.1 Å². The molecule has 128 valence electrons. The van der Waals surface area contributed by atoms with Crippen molar-refractivity contribution in [1.29, 1.82) is 0 Å². The Morgan fingerprint density at radius 3 is 2.56 bits per heavy atom. The van der Waals surface area contributed by atoms with Gasteiger partial charge in [-0.15, -0.1) is 11.3 Å². The Kier molecular flexibility index (Phi) is 4.01. The van der Waals surface area contributed by atoms with Crippen molar-refractivity contribution in [2.24, 2.45) is 11.7 Å². The van der Waals surface area contributed by atoms with Gasteiger partial charge in [-0.1, -0.05) is 30.3 Å². The van der Waals surface area contributed by atoms with E-state index in [4.69, 9.17) is 5.73 Å². The number of fused-ring (bicyclic) bond motifs is 1. The van der Waals surface area contributed by atoms with Gasteiger partial charge in [0.05, 0.1) is 5.69 Å². The van der Waals surface area contributed by atoms with Gasteiger partial charge >= 0.3 is 0 Å². The first-order valence-electron chi connectivity index (χ1n) is 8.24. The van der Waals surface area contributed by atoms with Crippen molar-refractivity contribution in [2.45, 2.75) is 12.8 Å². The highest BCUT2D eigenvalue weighted by molar-refractivity contribution is 7.15. The maximum Gasteiger partial charge on any atom is 0.271 e. The quantitative estimate of drug-likeness (QED) is 0.784. The number of nitrogens with zero attached hydrogens (tertiary/aromatic N) is 3. The molecule has 1 aliphatic rings. The third-order valence-corrected chi connectivity index (χ3v) is 5.52. The third kappa shape index (κ3) is 2.91. The maximum atomic E-state index is 12.9. The van der Waals surface area contributed by atoms with Gasteiger partial charge in [-0.3, -0.25) is 14.0 Å². The molecule has 6 nitrogen and oxygen atoms in total. The van der Waals surface area contributed by atoms with Crippen molar-refractivity contribution in [3.63, 3.8) is 0 Å². The van der Waals surface area contributed by atoms with Crippen LogP contribution in [0, 0.1) is 5.92 Å². The van der Waals surface area contributed by atoms with Gasteiger partial charge in [-0.05, 0) is 12.8 Å². The molecule has 0 radical (unpaired) electrons. The van der Waals surface area contributed by atoms with Crippen LogP contribution in [0.1, 0.15) is 23.3 Å². The van der Waals surface area contributed by atoms with Gasteiger partial charge in [0.25, 0.3) is 5.91 Å². The number of aromatic nitrogens is 2. The maximum absolute atomic E-state index is 12.9. The number of amides is 2. The van der Waals surface area contributed by atoms with Crippen molar-refractivity contribution in [2.75, 3.05) is 13.1 Å². The number of benzene rings is 1. The average Bonchev–Trinajstić information content (AvgIpc) is 3.22. The molecule has 4 rings (SSSR count). The highest BCUT2D eigenvalue weighted by Crippen LogP contribution is 2.25. The van der Waals surface area contributed by atoms with Crippen LogP contribution in [0.25, 0.3) is 16.2 Å². The van der Waals surface area contributed by atoms with E-state index in [-0.39, 0.29) is 17.7 Å². The van der Waals surface area contributed by atoms with E-state index in [1.165, 1.54) is 11.3 Å². The fourth-order valence-electron chi connectivity index (χ4n) is 3.21. The normalized spacial score (nSPS) is 15.6. The first-order valence-corrected chi connectivity index (χ1v) is 9.12. The number of primary amides is 1. The Morgan fingerprint density at radius 2 is 1.88 bits per heavy atom. The zero-order chi connectivity index (χ0) is 17.4. The average molecular weight is 354 g/mol. The van der Waals surface area contributed by atoms with Gasteiger partial charge in [0.15, 0.2) is 4.96 Å². The SMILES string of the molecule is NC(=O)C1CCN(C(=O)c2csc3nc(-c4ccccc4)cn23)CC1. The summed E-state index contributed by atoms with van der Waals surface area (Å²) < 4.78 is 1.86. The summed E-state index contributed by atoms with van der Waals surface area (Å²) in [5, 5.41) is 1.85. The lowest BCUT2D eigenvalue weighted by Gasteiger charge is -2.30. The standard InChI is InChI=1S/C18H18N4O2S/c19-16(23)13-6-8-21(9-7-13)17(24)15-11-25-18-20-14(10-22(15)18)12-4-2-1-3-5-12/h1-5,10-11,13H,6-9H2,(H2,19,23). The molecule has 25 heavy (non-hydrogen) atoms. The topological polar surface area (TPSA) is 80.7 Å². The van der Waals surface area contributed by atoms with Gasteiger partial charge in [0, 0.05) is 36.1 Å². The van der Waals surface area contributed by atoms with Gasteiger partial charge in [0.2, 0.25) is 5.91 Å². The lowest BCUT2D eigenvalue weighted by Crippen LogP contribution is -2.42. The van der Waals surface area contributed by atoms with E-state index in [0.29, 0.717) is 31.6 Å². The summed E-state index contributed by atoms with van der Waals surface area (Å²) in [5.74, 6) is -0.414. The number of carbonyl (C=O) groups is 2. The summed E-state index contributed by atoms with van der Waals surface area (Å²) in [4.78, 5) is 31.4. The second-order valence-corrected chi connectivity index (χ2v) is 7.07. The van der Waals surface area contributed by atoms with Crippen LogP contribution in [-0.2, 0) is 4.79 Å². The highest BCUT2D eigenvalue weighted by atomic mass is 32.1. The second-order valence-electron chi connectivity index (χ2n) is 6.23. The molecule has 3 heterocycles. The smallest absolute Gasteiger partial charge is 0.271 e. The molecule has 0 spiro atoms. The van der Waals surface area contributed by atoms with Crippen LogP contribution in [0.15, 0.2) is 41.9 Å². The number of piperidine rings is 1. The van der Waals surface area contributed by atoms with Gasteiger partial charge in [0.1, 0.15) is 5.69 Å². The molecule has 2 aromatic heterocycles. The minimum atomic E-state index is -0.271. The molecule has 0 unspecified atom stereocenters. The molecule has 3 aromatic rings. The molecule has 7 heteroatoms. The molecule has 1 fully saturated rings. The number of likely N-dealkylation sites (tertiary alicyclic amines) is 1. The molecule has 0 saturated carbocycles. The second kappa shape index (κ2) is 6.33. The van der Waals surface area contributed by atoms with Crippen LogP contribution in [0.2, 0.25) is 0 Å². The van der Waals surface area contributed by atoms with Crippen LogP contribution in [0.3, 0.4) is 0 Å². The lowest BCUT2D eigenvalue weighted by molar-refractivity contribution is -0.123. The number of hydrogen-bond donors (Lipinski definition) is 1. The number of thiazole rings is 1. The van der Waals surface area contributed by atoms with Crippen molar-refractivity contribution in [1.82, 2.24) is 14.3 Å². The van der Waals surface area contributed by atoms with Gasteiger partial charge in [-0.2, -0.15) is 0 Å². The zero-order valence-electron chi connectivity index (χ0n) is 13.6. The molecule has 2 N–H and O–H groups in total. The number of carbonyl (C=O) groups excluding carboxylic acids is 2. The lowest BCUT2D eigenvalue weighted by atomic mass is 9.96. The molecule has 1 aromatic carbocycles. The van der Waals surface area contributed by atoms with E-state index in [9.17, 15) is 9.59 Å². The van der Waals surface area contributed by atoms with E-state index < -0.39 is 0 Å². The zero-order valence-corrected chi connectivity index (χ0v) is 14.4. The van der Waals surface area contributed by atoms with Crippen LogP contribution in [0.4, 0.5) is 0 Å². The molecular weight excluding hydrogens is 336 g/mol. The molecule has 1 saturated heterocycles. The molecule has 0 bridgehead atoms. The summed E-state index contributed by atoms with van der Waals surface area (Å²) in [7, 11) is 0. The van der Waals surface area contributed by atoms with E-state index in [2.05, 4.69) is 4.98 Å². The molecular formula is C18H18N4O2S. The van der Waals surface area contributed by atoms with E-state index >= 15 is 0 Å². The van der Waals surface area contributed by atoms with Crippen LogP contribution < -0.4 is 5.73 Å². The molecule has 1 aliphatic heterocycles. The Morgan fingerprint density at radius 1 is 1.16 bits per heavy atom. The third-order valence-electron chi connectivity index (χ3n) is 4.68. The van der Waals surface area contributed by atoms with Crippen LogP contribution >= 0.6 is 11.3 Å².